The van der Waals surface area contributed by atoms with Gasteiger partial charge in [0.1, 0.15) is 0 Å². The first-order valence-electron chi connectivity index (χ1n) is 8.70. The Morgan fingerprint density at radius 3 is 2.41 bits per heavy atom. The fourth-order valence-electron chi connectivity index (χ4n) is 2.24. The molecule has 130 valence electrons. The van der Waals surface area contributed by atoms with Crippen LogP contribution in [0.25, 0.3) is 0 Å². The smallest absolute Gasteiger partial charge is 0.308 e. The van der Waals surface area contributed by atoms with Gasteiger partial charge in [-0.25, -0.2) is 4.39 Å². The van der Waals surface area contributed by atoms with Crippen LogP contribution in [-0.4, -0.2) is 17.2 Å². The van der Waals surface area contributed by atoms with E-state index in [9.17, 15) is 9.18 Å². The largest absolute Gasteiger partial charge is 0.430 e. The minimum atomic E-state index is -1.52. The van der Waals surface area contributed by atoms with Gasteiger partial charge in [0.25, 0.3) is 6.36 Å². The van der Waals surface area contributed by atoms with Crippen molar-refractivity contribution in [1.82, 2.24) is 0 Å². The summed E-state index contributed by atoms with van der Waals surface area (Å²) in [5, 5.41) is 0. The summed E-state index contributed by atoms with van der Waals surface area (Å²) in [6, 6.07) is 0. The Balaban J connectivity index is 3.53. The molecular formula is C18H32BrFO2. The molecule has 0 radical (unpaired) electrons. The molecule has 0 aromatic rings. The van der Waals surface area contributed by atoms with Crippen LogP contribution in [0.1, 0.15) is 84.0 Å². The molecule has 0 fully saturated rings. The molecule has 0 aliphatic carbocycles. The quantitative estimate of drug-likeness (QED) is 0.141. The molecule has 4 heteroatoms. The molecule has 0 spiro atoms. The van der Waals surface area contributed by atoms with Crippen molar-refractivity contribution in [2.45, 2.75) is 95.2 Å². The lowest BCUT2D eigenvalue weighted by molar-refractivity contribution is -0.157. The molecule has 2 nitrogen and oxygen atoms in total. The van der Waals surface area contributed by atoms with Crippen molar-refractivity contribution in [3.8, 4) is 0 Å². The molecule has 22 heavy (non-hydrogen) atoms. The van der Waals surface area contributed by atoms with E-state index in [1.807, 2.05) is 6.08 Å². The van der Waals surface area contributed by atoms with E-state index < -0.39 is 12.3 Å². The highest BCUT2D eigenvalue weighted by molar-refractivity contribution is 9.09. The maximum absolute atomic E-state index is 13.7. The van der Waals surface area contributed by atoms with Crippen LogP contribution in [0.2, 0.25) is 0 Å². The molecule has 0 aromatic carbocycles. The van der Waals surface area contributed by atoms with Crippen molar-refractivity contribution < 1.29 is 13.9 Å². The second kappa shape index (κ2) is 15.5. The number of esters is 1. The summed E-state index contributed by atoms with van der Waals surface area (Å²) in [6.07, 6.45) is 12.2. The zero-order valence-electron chi connectivity index (χ0n) is 14.0. The number of carbonyl (C=O) groups excluding carboxylic acids is 1. The lowest BCUT2D eigenvalue weighted by Crippen LogP contribution is -2.23. The molecule has 0 saturated carbocycles. The third-order valence-electron chi connectivity index (χ3n) is 3.65. The lowest BCUT2D eigenvalue weighted by atomic mass is 10.1. The van der Waals surface area contributed by atoms with Crippen molar-refractivity contribution in [3.05, 3.63) is 12.7 Å². The van der Waals surface area contributed by atoms with Crippen LogP contribution in [0.3, 0.4) is 0 Å². The Morgan fingerprint density at radius 2 is 1.77 bits per heavy atom. The van der Waals surface area contributed by atoms with Gasteiger partial charge in [-0.05, 0) is 25.7 Å². The summed E-state index contributed by atoms with van der Waals surface area (Å²) in [4.78, 5) is 11.2. The number of carbonyl (C=O) groups is 1. The van der Waals surface area contributed by atoms with E-state index in [1.165, 1.54) is 19.3 Å². The van der Waals surface area contributed by atoms with E-state index in [2.05, 4.69) is 29.4 Å². The minimum absolute atomic E-state index is 0.321. The number of hydrogen-bond donors (Lipinski definition) is 0. The molecule has 0 amide bonds. The van der Waals surface area contributed by atoms with Crippen LogP contribution in [0.5, 0.6) is 0 Å². The first kappa shape index (κ1) is 21.6. The van der Waals surface area contributed by atoms with Crippen LogP contribution in [0.4, 0.5) is 4.39 Å². The van der Waals surface area contributed by atoms with E-state index in [0.717, 1.165) is 44.9 Å². The van der Waals surface area contributed by atoms with Crippen molar-refractivity contribution >= 4 is 21.9 Å². The average molecular weight is 379 g/mol. The number of hydrogen-bond acceptors (Lipinski definition) is 2. The topological polar surface area (TPSA) is 26.3 Å². The van der Waals surface area contributed by atoms with E-state index in [-0.39, 0.29) is 4.83 Å². The van der Waals surface area contributed by atoms with Crippen molar-refractivity contribution in [2.24, 2.45) is 0 Å². The maximum Gasteiger partial charge on any atom is 0.308 e. The predicted octanol–water partition coefficient (Wildman–Crippen LogP) is 6.48. The highest BCUT2D eigenvalue weighted by atomic mass is 79.9. The Labute approximate surface area is 144 Å². The fraction of sp³-hybridized carbons (Fsp3) is 0.833. The number of rotatable bonds is 15. The number of halogens is 2. The van der Waals surface area contributed by atoms with Gasteiger partial charge >= 0.3 is 5.97 Å². The second-order valence-corrected chi connectivity index (χ2v) is 6.98. The highest BCUT2D eigenvalue weighted by Gasteiger charge is 2.21. The summed E-state index contributed by atoms with van der Waals surface area (Å²) in [6.45, 7) is 5.81. The molecule has 0 saturated heterocycles. The molecule has 0 aromatic heterocycles. The van der Waals surface area contributed by atoms with Crippen LogP contribution in [-0.2, 0) is 9.53 Å². The van der Waals surface area contributed by atoms with Gasteiger partial charge in [-0.1, -0.05) is 73.9 Å². The van der Waals surface area contributed by atoms with Gasteiger partial charge in [-0.15, -0.1) is 6.58 Å². The van der Waals surface area contributed by atoms with Gasteiger partial charge in [-0.3, -0.25) is 4.79 Å². The van der Waals surface area contributed by atoms with Crippen LogP contribution in [0.15, 0.2) is 12.7 Å². The molecule has 2 unspecified atom stereocenters. The van der Waals surface area contributed by atoms with Crippen molar-refractivity contribution in [3.63, 3.8) is 0 Å². The summed E-state index contributed by atoms with van der Waals surface area (Å²) >= 11 is 3.27. The molecule has 0 aliphatic rings. The van der Waals surface area contributed by atoms with Gasteiger partial charge in [0.05, 0.1) is 4.83 Å². The average Bonchev–Trinajstić information content (AvgIpc) is 2.50. The zero-order valence-corrected chi connectivity index (χ0v) is 15.6. The third kappa shape index (κ3) is 13.3. The Kier molecular flexibility index (Phi) is 15.2. The molecular weight excluding hydrogens is 347 g/mol. The van der Waals surface area contributed by atoms with Crippen molar-refractivity contribution in [1.29, 1.82) is 0 Å². The second-order valence-electron chi connectivity index (χ2n) is 5.80. The highest BCUT2D eigenvalue weighted by Crippen LogP contribution is 2.19. The molecule has 0 aliphatic heterocycles. The first-order chi connectivity index (χ1) is 10.6. The number of alkyl halides is 2. The van der Waals surface area contributed by atoms with E-state index in [1.54, 1.807) is 0 Å². The normalized spacial score (nSPS) is 13.6. The minimum Gasteiger partial charge on any atom is -0.430 e. The number of unbranched alkanes of at least 4 members (excludes halogenated alkanes) is 8. The zero-order chi connectivity index (χ0) is 16.6. The summed E-state index contributed by atoms with van der Waals surface area (Å²) in [5.74, 6) is -0.418. The summed E-state index contributed by atoms with van der Waals surface area (Å²) in [5.41, 5.74) is 0. The predicted molar refractivity (Wildman–Crippen MR) is 95.0 cm³/mol. The van der Waals surface area contributed by atoms with Gasteiger partial charge < -0.3 is 4.74 Å². The first-order valence-corrected chi connectivity index (χ1v) is 9.61. The van der Waals surface area contributed by atoms with E-state index in [4.69, 9.17) is 4.74 Å². The molecule has 0 heterocycles. The molecule has 0 rings (SSSR count). The van der Waals surface area contributed by atoms with Crippen LogP contribution >= 0.6 is 15.9 Å². The van der Waals surface area contributed by atoms with Gasteiger partial charge in [-0.2, -0.15) is 0 Å². The maximum atomic E-state index is 13.7. The summed E-state index contributed by atoms with van der Waals surface area (Å²) in [7, 11) is 0. The summed E-state index contributed by atoms with van der Waals surface area (Å²) < 4.78 is 18.6. The fourth-order valence-corrected chi connectivity index (χ4v) is 2.68. The van der Waals surface area contributed by atoms with Crippen LogP contribution in [0, 0.1) is 0 Å². The van der Waals surface area contributed by atoms with E-state index in [0.29, 0.717) is 12.8 Å². The standard InChI is InChI=1S/C18H32BrFO2/c1-3-5-7-8-9-10-11-13-15-17(21)22-18(20)16(19)14-12-6-4-2/h3,16,18H,1,4-15H2,2H3. The van der Waals surface area contributed by atoms with Gasteiger partial charge in [0.2, 0.25) is 0 Å². The molecule has 2 atom stereocenters. The van der Waals surface area contributed by atoms with Gasteiger partial charge in [0, 0.05) is 6.42 Å². The van der Waals surface area contributed by atoms with Crippen LogP contribution < -0.4 is 0 Å². The third-order valence-corrected chi connectivity index (χ3v) is 4.52. The van der Waals surface area contributed by atoms with E-state index >= 15 is 0 Å². The van der Waals surface area contributed by atoms with Gasteiger partial charge in [0.15, 0.2) is 0 Å². The Morgan fingerprint density at radius 1 is 1.14 bits per heavy atom. The molecule has 0 bridgehead atoms. The molecule has 0 N–H and O–H groups in total. The van der Waals surface area contributed by atoms with Crippen molar-refractivity contribution in [2.75, 3.05) is 0 Å². The lowest BCUT2D eigenvalue weighted by Gasteiger charge is -2.15. The number of ether oxygens (including phenoxy) is 1. The SMILES string of the molecule is C=CCCCCCCCCC(=O)OC(F)C(Br)CCCCC. The Hall–Kier alpha value is -0.380. The number of allylic oxidation sites excluding steroid dienone is 1. The monoisotopic (exact) mass is 378 g/mol. The Bertz CT molecular complexity index is 284.